The van der Waals surface area contributed by atoms with Gasteiger partial charge in [-0.1, -0.05) is 25.1 Å². The van der Waals surface area contributed by atoms with Crippen molar-refractivity contribution in [2.45, 2.75) is 50.0 Å². The van der Waals surface area contributed by atoms with Crippen LogP contribution >= 0.6 is 0 Å². The molecule has 0 radical (unpaired) electrons. The van der Waals surface area contributed by atoms with Crippen molar-refractivity contribution in [1.82, 2.24) is 9.62 Å². The second-order valence-corrected chi connectivity index (χ2v) is 10.1. The molecule has 1 atom stereocenters. The lowest BCUT2D eigenvalue weighted by atomic mass is 9.88. The van der Waals surface area contributed by atoms with Gasteiger partial charge in [0.05, 0.1) is 24.2 Å². The minimum atomic E-state index is -3.56. The van der Waals surface area contributed by atoms with Gasteiger partial charge in [-0.3, -0.25) is 4.79 Å². The molecular weight excluding hydrogens is 412 g/mol. The number of carbonyl (C=O) groups excluding carboxylic acids is 1. The summed E-state index contributed by atoms with van der Waals surface area (Å²) in [5.41, 5.74) is 4.41. The molecule has 1 heterocycles. The molecule has 1 fully saturated rings. The number of hydrogen-bond donors (Lipinski definition) is 1. The van der Waals surface area contributed by atoms with Crippen molar-refractivity contribution in [3.8, 4) is 0 Å². The number of nitrogens with one attached hydrogen (secondary N) is 1. The zero-order valence-corrected chi connectivity index (χ0v) is 18.8. The summed E-state index contributed by atoms with van der Waals surface area (Å²) >= 11 is 0. The van der Waals surface area contributed by atoms with Crippen molar-refractivity contribution in [1.29, 1.82) is 0 Å². The summed E-state index contributed by atoms with van der Waals surface area (Å²) in [5, 5.41) is 3.11. The molecule has 0 bridgehead atoms. The summed E-state index contributed by atoms with van der Waals surface area (Å²) in [6.45, 7) is 3.57. The SMILES string of the molecule is CCC(NC(=O)c1ccc(S(=O)(=O)N2CCOCC2)cc1)c1ccc2c(c1)CCCC2. The van der Waals surface area contributed by atoms with Crippen LogP contribution in [-0.4, -0.2) is 44.9 Å². The molecule has 1 aliphatic carbocycles. The lowest BCUT2D eigenvalue weighted by molar-refractivity contribution is 0.0730. The molecule has 1 N–H and O–H groups in total. The highest BCUT2D eigenvalue weighted by Gasteiger charge is 2.26. The van der Waals surface area contributed by atoms with Crippen LogP contribution in [0.1, 0.15) is 59.3 Å². The number of nitrogens with zero attached hydrogens (tertiary/aromatic N) is 1. The van der Waals surface area contributed by atoms with E-state index >= 15 is 0 Å². The van der Waals surface area contributed by atoms with Crippen molar-refractivity contribution in [3.63, 3.8) is 0 Å². The highest BCUT2D eigenvalue weighted by atomic mass is 32.2. The van der Waals surface area contributed by atoms with E-state index in [9.17, 15) is 13.2 Å². The Labute approximate surface area is 184 Å². The Bertz CT molecular complexity index is 1030. The van der Waals surface area contributed by atoms with E-state index in [1.54, 1.807) is 12.1 Å². The first-order chi connectivity index (χ1) is 15.0. The van der Waals surface area contributed by atoms with E-state index in [2.05, 4.69) is 30.4 Å². The molecule has 1 aliphatic heterocycles. The third-order valence-electron chi connectivity index (χ3n) is 6.21. The molecule has 1 saturated heterocycles. The molecule has 2 aliphatic rings. The van der Waals surface area contributed by atoms with Crippen molar-refractivity contribution >= 4 is 15.9 Å². The fourth-order valence-corrected chi connectivity index (χ4v) is 5.76. The van der Waals surface area contributed by atoms with Gasteiger partial charge in [0.25, 0.3) is 5.91 Å². The fourth-order valence-electron chi connectivity index (χ4n) is 4.35. The Morgan fingerprint density at radius 3 is 2.39 bits per heavy atom. The van der Waals surface area contributed by atoms with Crippen LogP contribution in [0.3, 0.4) is 0 Å². The van der Waals surface area contributed by atoms with Gasteiger partial charge in [0.2, 0.25) is 10.0 Å². The smallest absolute Gasteiger partial charge is 0.251 e. The molecule has 0 spiro atoms. The number of amides is 1. The lowest BCUT2D eigenvalue weighted by Crippen LogP contribution is -2.40. The quantitative estimate of drug-likeness (QED) is 0.743. The molecule has 31 heavy (non-hydrogen) atoms. The zero-order valence-electron chi connectivity index (χ0n) is 18.0. The number of ether oxygens (including phenoxy) is 1. The van der Waals surface area contributed by atoms with Crippen LogP contribution in [0.15, 0.2) is 47.4 Å². The summed E-state index contributed by atoms with van der Waals surface area (Å²) in [4.78, 5) is 13.1. The fraction of sp³-hybridized carbons (Fsp3) is 0.458. The van der Waals surface area contributed by atoms with E-state index in [-0.39, 0.29) is 16.8 Å². The van der Waals surface area contributed by atoms with E-state index in [4.69, 9.17) is 4.74 Å². The van der Waals surface area contributed by atoms with Crippen LogP contribution in [0.2, 0.25) is 0 Å². The van der Waals surface area contributed by atoms with Crippen LogP contribution in [0.5, 0.6) is 0 Å². The molecule has 1 unspecified atom stereocenters. The van der Waals surface area contributed by atoms with Gasteiger partial charge in [-0.05, 0) is 73.1 Å². The number of carbonyl (C=O) groups is 1. The first kappa shape index (κ1) is 22.0. The Hall–Kier alpha value is -2.22. The summed E-state index contributed by atoms with van der Waals surface area (Å²) in [6.07, 6.45) is 5.50. The number of morpholine rings is 1. The third-order valence-corrected chi connectivity index (χ3v) is 8.13. The van der Waals surface area contributed by atoms with Crippen LogP contribution in [0, 0.1) is 0 Å². The minimum absolute atomic E-state index is 0.0727. The van der Waals surface area contributed by atoms with Crippen molar-refractivity contribution in [3.05, 3.63) is 64.7 Å². The summed E-state index contributed by atoms with van der Waals surface area (Å²) in [5.74, 6) is -0.195. The first-order valence-electron chi connectivity index (χ1n) is 11.1. The van der Waals surface area contributed by atoms with Crippen molar-refractivity contribution in [2.24, 2.45) is 0 Å². The molecule has 0 saturated carbocycles. The van der Waals surface area contributed by atoms with Gasteiger partial charge < -0.3 is 10.1 Å². The molecule has 166 valence electrons. The molecule has 0 aromatic heterocycles. The number of rotatable bonds is 6. The standard InChI is InChI=1S/C24H30N2O4S/c1-2-23(21-8-7-18-5-3-4-6-20(18)17-21)25-24(27)19-9-11-22(12-10-19)31(28,29)26-13-15-30-16-14-26/h7-12,17,23H,2-6,13-16H2,1H3,(H,25,27). The maximum atomic E-state index is 12.9. The topological polar surface area (TPSA) is 75.7 Å². The van der Waals surface area contributed by atoms with Gasteiger partial charge in [-0.15, -0.1) is 0 Å². The van der Waals surface area contributed by atoms with Gasteiger partial charge in [-0.2, -0.15) is 4.31 Å². The molecule has 7 heteroatoms. The Kier molecular flexibility index (Phi) is 6.74. The van der Waals surface area contributed by atoms with E-state index in [0.717, 1.165) is 24.8 Å². The predicted molar refractivity (Wildman–Crippen MR) is 120 cm³/mol. The normalized spacial score (nSPS) is 18.2. The van der Waals surface area contributed by atoms with E-state index in [1.165, 1.54) is 40.4 Å². The number of fused-ring (bicyclic) bond motifs is 1. The molecule has 1 amide bonds. The van der Waals surface area contributed by atoms with Crippen molar-refractivity contribution in [2.75, 3.05) is 26.3 Å². The third kappa shape index (κ3) is 4.84. The van der Waals surface area contributed by atoms with E-state index in [0.29, 0.717) is 31.9 Å². The highest BCUT2D eigenvalue weighted by molar-refractivity contribution is 7.89. The van der Waals surface area contributed by atoms with Crippen LogP contribution in [0.25, 0.3) is 0 Å². The Balaban J connectivity index is 1.46. The average Bonchev–Trinajstić information content (AvgIpc) is 2.82. The number of benzene rings is 2. The van der Waals surface area contributed by atoms with Gasteiger partial charge in [0.1, 0.15) is 0 Å². The van der Waals surface area contributed by atoms with Gasteiger partial charge in [0, 0.05) is 18.7 Å². The Morgan fingerprint density at radius 1 is 1.03 bits per heavy atom. The van der Waals surface area contributed by atoms with Crippen molar-refractivity contribution < 1.29 is 17.9 Å². The molecule has 2 aromatic rings. The summed E-state index contributed by atoms with van der Waals surface area (Å²) < 4.78 is 32.2. The zero-order chi connectivity index (χ0) is 21.8. The summed E-state index contributed by atoms with van der Waals surface area (Å²) in [6, 6.07) is 12.7. The Morgan fingerprint density at radius 2 is 1.71 bits per heavy atom. The number of sulfonamides is 1. The largest absolute Gasteiger partial charge is 0.379 e. The molecule has 2 aromatic carbocycles. The van der Waals surface area contributed by atoms with Gasteiger partial charge in [0.15, 0.2) is 0 Å². The number of hydrogen-bond acceptors (Lipinski definition) is 4. The van der Waals surface area contributed by atoms with Crippen LogP contribution < -0.4 is 5.32 Å². The lowest BCUT2D eigenvalue weighted by Gasteiger charge is -2.26. The maximum absolute atomic E-state index is 12.9. The monoisotopic (exact) mass is 442 g/mol. The van der Waals surface area contributed by atoms with E-state index < -0.39 is 10.0 Å². The van der Waals surface area contributed by atoms with Gasteiger partial charge in [-0.25, -0.2) is 8.42 Å². The van der Waals surface area contributed by atoms with Crippen LogP contribution in [-0.2, 0) is 27.6 Å². The molecule has 6 nitrogen and oxygen atoms in total. The highest BCUT2D eigenvalue weighted by Crippen LogP contribution is 2.26. The summed E-state index contributed by atoms with van der Waals surface area (Å²) in [7, 11) is -3.56. The minimum Gasteiger partial charge on any atom is -0.379 e. The second-order valence-electron chi connectivity index (χ2n) is 8.21. The predicted octanol–water partition coefficient (Wildman–Crippen LogP) is 3.47. The second kappa shape index (κ2) is 9.51. The maximum Gasteiger partial charge on any atom is 0.251 e. The molecule has 4 rings (SSSR count). The molecular formula is C24H30N2O4S. The number of aryl methyl sites for hydroxylation is 2. The van der Waals surface area contributed by atoms with Crippen LogP contribution in [0.4, 0.5) is 0 Å². The first-order valence-corrected chi connectivity index (χ1v) is 12.5. The average molecular weight is 443 g/mol. The van der Waals surface area contributed by atoms with E-state index in [1.807, 2.05) is 0 Å². The van der Waals surface area contributed by atoms with Gasteiger partial charge >= 0.3 is 0 Å².